The first kappa shape index (κ1) is 19.5. The van der Waals surface area contributed by atoms with Crippen LogP contribution >= 0.6 is 11.3 Å². The van der Waals surface area contributed by atoms with Crippen LogP contribution in [0.1, 0.15) is 45.6 Å². The van der Waals surface area contributed by atoms with Gasteiger partial charge in [-0.2, -0.15) is 9.57 Å². The highest BCUT2D eigenvalue weighted by molar-refractivity contribution is 7.89. The minimum atomic E-state index is -3.52. The summed E-state index contributed by atoms with van der Waals surface area (Å²) in [5, 5.41) is 12.6. The number of nitrogens with zero attached hydrogens (tertiary/aromatic N) is 2. The van der Waals surface area contributed by atoms with E-state index in [4.69, 9.17) is 0 Å². The molecule has 142 valence electrons. The summed E-state index contributed by atoms with van der Waals surface area (Å²) in [5.41, 5.74) is 1.68. The van der Waals surface area contributed by atoms with E-state index < -0.39 is 10.0 Å². The predicted octanol–water partition coefficient (Wildman–Crippen LogP) is 3.66. The van der Waals surface area contributed by atoms with Gasteiger partial charge < -0.3 is 5.32 Å². The van der Waals surface area contributed by atoms with Gasteiger partial charge in [-0.3, -0.25) is 4.79 Å². The van der Waals surface area contributed by atoms with E-state index in [2.05, 4.69) is 11.4 Å². The van der Waals surface area contributed by atoms with Crippen LogP contribution in [0.2, 0.25) is 0 Å². The molecule has 1 N–H and O–H groups in total. The van der Waals surface area contributed by atoms with Gasteiger partial charge in [0, 0.05) is 23.5 Å². The highest BCUT2D eigenvalue weighted by Crippen LogP contribution is 2.32. The number of anilines is 1. The second-order valence-electron chi connectivity index (χ2n) is 6.54. The van der Waals surface area contributed by atoms with Gasteiger partial charge in [0.05, 0.1) is 10.5 Å². The number of nitriles is 1. The van der Waals surface area contributed by atoms with Crippen molar-refractivity contribution in [2.75, 3.05) is 18.4 Å². The molecule has 1 fully saturated rings. The zero-order valence-corrected chi connectivity index (χ0v) is 16.9. The molecule has 0 atom stereocenters. The normalized spacial score (nSPS) is 15.3. The maximum Gasteiger partial charge on any atom is 0.256 e. The van der Waals surface area contributed by atoms with Crippen LogP contribution in [-0.4, -0.2) is 31.7 Å². The molecule has 1 aliphatic heterocycles. The van der Waals surface area contributed by atoms with Crippen molar-refractivity contribution in [2.24, 2.45) is 0 Å². The molecule has 1 saturated heterocycles. The Kier molecular flexibility index (Phi) is 5.65. The van der Waals surface area contributed by atoms with Gasteiger partial charge in [-0.1, -0.05) is 6.42 Å². The third-order valence-electron chi connectivity index (χ3n) is 4.79. The number of hydrogen-bond acceptors (Lipinski definition) is 5. The van der Waals surface area contributed by atoms with E-state index in [0.717, 1.165) is 29.7 Å². The molecule has 1 aliphatic rings. The molecule has 2 aromatic rings. The van der Waals surface area contributed by atoms with Crippen LogP contribution in [0.4, 0.5) is 5.00 Å². The van der Waals surface area contributed by atoms with Gasteiger partial charge in [-0.15, -0.1) is 11.3 Å². The smallest absolute Gasteiger partial charge is 0.256 e. The van der Waals surface area contributed by atoms with E-state index >= 15 is 0 Å². The summed E-state index contributed by atoms with van der Waals surface area (Å²) < 4.78 is 26.9. The predicted molar refractivity (Wildman–Crippen MR) is 106 cm³/mol. The van der Waals surface area contributed by atoms with Crippen molar-refractivity contribution < 1.29 is 13.2 Å². The lowest BCUT2D eigenvalue weighted by Gasteiger charge is -2.25. The summed E-state index contributed by atoms with van der Waals surface area (Å²) in [6, 6.07) is 8.06. The van der Waals surface area contributed by atoms with Gasteiger partial charge in [0.25, 0.3) is 5.91 Å². The van der Waals surface area contributed by atoms with Gasteiger partial charge >= 0.3 is 0 Å². The fourth-order valence-electron chi connectivity index (χ4n) is 3.06. The molecule has 3 rings (SSSR count). The van der Waals surface area contributed by atoms with E-state index in [-0.39, 0.29) is 10.8 Å². The SMILES string of the molecule is Cc1sc(NC(=O)c2ccc(S(=O)(=O)N3CCCCC3)cc2)c(C#N)c1C. The lowest BCUT2D eigenvalue weighted by molar-refractivity contribution is 0.102. The number of nitrogens with one attached hydrogen (secondary N) is 1. The number of amides is 1. The van der Waals surface area contributed by atoms with E-state index in [1.54, 1.807) is 0 Å². The third kappa shape index (κ3) is 3.90. The average Bonchev–Trinajstić information content (AvgIpc) is 2.95. The van der Waals surface area contributed by atoms with Crippen LogP contribution in [0.25, 0.3) is 0 Å². The number of benzene rings is 1. The minimum absolute atomic E-state index is 0.196. The molecule has 0 unspecified atom stereocenters. The van der Waals surface area contributed by atoms with Crippen molar-refractivity contribution >= 4 is 32.3 Å². The Morgan fingerprint density at radius 1 is 1.15 bits per heavy atom. The third-order valence-corrected chi connectivity index (χ3v) is 7.83. The van der Waals surface area contributed by atoms with Crippen molar-refractivity contribution in [3.05, 3.63) is 45.8 Å². The molecule has 1 amide bonds. The summed E-state index contributed by atoms with van der Waals surface area (Å²) in [6.07, 6.45) is 2.80. The molecule has 0 aliphatic carbocycles. The molecular formula is C19H21N3O3S2. The highest BCUT2D eigenvalue weighted by Gasteiger charge is 2.26. The van der Waals surface area contributed by atoms with E-state index in [1.807, 2.05) is 13.8 Å². The zero-order valence-electron chi connectivity index (χ0n) is 15.3. The fourth-order valence-corrected chi connectivity index (χ4v) is 5.58. The number of sulfonamides is 1. The van der Waals surface area contributed by atoms with Crippen molar-refractivity contribution in [3.63, 3.8) is 0 Å². The van der Waals surface area contributed by atoms with Crippen molar-refractivity contribution in [2.45, 2.75) is 38.0 Å². The first-order valence-corrected chi connectivity index (χ1v) is 11.0. The lowest BCUT2D eigenvalue weighted by Crippen LogP contribution is -2.35. The van der Waals surface area contributed by atoms with Gasteiger partial charge in [0.15, 0.2) is 0 Å². The average molecular weight is 404 g/mol. The number of hydrogen-bond donors (Lipinski definition) is 1. The molecule has 0 spiro atoms. The van der Waals surface area contributed by atoms with Crippen molar-refractivity contribution in [3.8, 4) is 6.07 Å². The maximum atomic E-state index is 12.7. The highest BCUT2D eigenvalue weighted by atomic mass is 32.2. The van der Waals surface area contributed by atoms with Crippen LogP contribution in [0.5, 0.6) is 0 Å². The second kappa shape index (κ2) is 7.80. The maximum absolute atomic E-state index is 12.7. The molecule has 0 radical (unpaired) electrons. The minimum Gasteiger partial charge on any atom is -0.312 e. The number of aryl methyl sites for hydroxylation is 1. The van der Waals surface area contributed by atoms with Crippen LogP contribution < -0.4 is 5.32 Å². The molecule has 27 heavy (non-hydrogen) atoms. The Labute approximate surface area is 163 Å². The van der Waals surface area contributed by atoms with Crippen LogP contribution in [0.3, 0.4) is 0 Å². The Bertz CT molecular complexity index is 996. The molecule has 0 bridgehead atoms. The van der Waals surface area contributed by atoms with E-state index in [0.29, 0.717) is 29.2 Å². The summed E-state index contributed by atoms with van der Waals surface area (Å²) >= 11 is 1.36. The van der Waals surface area contributed by atoms with Gasteiger partial charge in [0.2, 0.25) is 10.0 Å². The lowest BCUT2D eigenvalue weighted by atomic mass is 10.2. The van der Waals surface area contributed by atoms with Gasteiger partial charge in [-0.05, 0) is 56.5 Å². The number of piperidine rings is 1. The summed E-state index contributed by atoms with van der Waals surface area (Å²) in [5.74, 6) is -0.366. The second-order valence-corrected chi connectivity index (χ2v) is 9.71. The first-order valence-electron chi connectivity index (χ1n) is 8.76. The largest absolute Gasteiger partial charge is 0.312 e. The van der Waals surface area contributed by atoms with Crippen LogP contribution in [0, 0.1) is 25.2 Å². The summed E-state index contributed by atoms with van der Waals surface area (Å²) in [6.45, 7) is 4.83. The van der Waals surface area contributed by atoms with E-state index in [9.17, 15) is 18.5 Å². The Hall–Kier alpha value is -2.21. The number of thiophene rings is 1. The molecule has 2 heterocycles. The standard InChI is InChI=1S/C19H21N3O3S2/c1-13-14(2)26-19(17(13)12-20)21-18(23)15-6-8-16(9-7-15)27(24,25)22-10-4-3-5-11-22/h6-9H,3-5,10-11H2,1-2H3,(H,21,23). The molecule has 1 aromatic heterocycles. The van der Waals surface area contributed by atoms with Crippen molar-refractivity contribution in [1.29, 1.82) is 5.26 Å². The number of carbonyl (C=O) groups excluding carboxylic acids is 1. The van der Waals surface area contributed by atoms with Gasteiger partial charge in [-0.25, -0.2) is 8.42 Å². The first-order chi connectivity index (χ1) is 12.8. The molecule has 6 nitrogen and oxygen atoms in total. The Morgan fingerprint density at radius 3 is 2.37 bits per heavy atom. The Morgan fingerprint density at radius 2 is 1.78 bits per heavy atom. The summed E-state index contributed by atoms with van der Waals surface area (Å²) in [4.78, 5) is 13.7. The fraction of sp³-hybridized carbons (Fsp3) is 0.368. The topological polar surface area (TPSA) is 90.3 Å². The quantitative estimate of drug-likeness (QED) is 0.843. The molecular weight excluding hydrogens is 382 g/mol. The molecule has 0 saturated carbocycles. The summed E-state index contributed by atoms with van der Waals surface area (Å²) in [7, 11) is -3.52. The molecule has 1 aromatic carbocycles. The van der Waals surface area contributed by atoms with Crippen LogP contribution in [-0.2, 0) is 10.0 Å². The molecule has 8 heteroatoms. The van der Waals surface area contributed by atoms with Crippen LogP contribution in [0.15, 0.2) is 29.2 Å². The number of rotatable bonds is 4. The van der Waals surface area contributed by atoms with Gasteiger partial charge in [0.1, 0.15) is 11.1 Å². The monoisotopic (exact) mass is 403 g/mol. The van der Waals surface area contributed by atoms with E-state index in [1.165, 1.54) is 39.9 Å². The Balaban J connectivity index is 1.78. The van der Waals surface area contributed by atoms with Crippen molar-refractivity contribution in [1.82, 2.24) is 4.31 Å². The number of carbonyl (C=O) groups is 1. The zero-order chi connectivity index (χ0) is 19.6.